The van der Waals surface area contributed by atoms with Gasteiger partial charge in [-0.05, 0) is 57.4 Å². The van der Waals surface area contributed by atoms with Crippen LogP contribution in [-0.2, 0) is 23.0 Å². The van der Waals surface area contributed by atoms with Gasteiger partial charge in [-0.15, -0.1) is 0 Å². The third-order valence-corrected chi connectivity index (χ3v) is 6.41. The Balaban J connectivity index is 0.000000271. The Morgan fingerprint density at radius 1 is 1.47 bits per heavy atom. The number of aliphatic hydroxyl groups is 1. The van der Waals surface area contributed by atoms with Crippen LogP contribution in [0.3, 0.4) is 0 Å². The lowest BCUT2D eigenvalue weighted by Crippen LogP contribution is -2.41. The molecular formula is C20H31ClN4O4S. The highest BCUT2D eigenvalue weighted by molar-refractivity contribution is 7.80. The van der Waals surface area contributed by atoms with E-state index in [1.165, 1.54) is 6.92 Å². The zero-order valence-electron chi connectivity index (χ0n) is 17.9. The second-order valence-corrected chi connectivity index (χ2v) is 8.65. The van der Waals surface area contributed by atoms with E-state index in [1.54, 1.807) is 24.7 Å². The van der Waals surface area contributed by atoms with Gasteiger partial charge >= 0.3 is 0 Å². The van der Waals surface area contributed by atoms with Crippen molar-refractivity contribution in [2.75, 3.05) is 26.7 Å². The summed E-state index contributed by atoms with van der Waals surface area (Å²) in [5, 5.41) is 10.5. The van der Waals surface area contributed by atoms with Crippen LogP contribution in [0.1, 0.15) is 35.8 Å². The van der Waals surface area contributed by atoms with Gasteiger partial charge in [0, 0.05) is 37.6 Å². The summed E-state index contributed by atoms with van der Waals surface area (Å²) in [5.41, 5.74) is 7.64. The molecule has 4 N–H and O–H groups in total. The van der Waals surface area contributed by atoms with Crippen LogP contribution in [0.25, 0.3) is 10.9 Å². The number of piperidine rings is 1. The normalized spacial score (nSPS) is 17.3. The summed E-state index contributed by atoms with van der Waals surface area (Å²) >= 11 is 5.09. The lowest BCUT2D eigenvalue weighted by molar-refractivity contribution is -0.106. The molecule has 0 aliphatic carbocycles. The lowest BCUT2D eigenvalue weighted by atomic mass is 10.0. The van der Waals surface area contributed by atoms with Crippen LogP contribution >= 0.6 is 11.6 Å². The number of aryl methyl sites for hydroxylation is 2. The van der Waals surface area contributed by atoms with Crippen molar-refractivity contribution >= 4 is 45.9 Å². The van der Waals surface area contributed by atoms with Gasteiger partial charge < -0.3 is 20.2 Å². The number of rotatable bonds is 4. The Kier molecular flexibility index (Phi) is 11.2. The number of amides is 1. The fourth-order valence-corrected chi connectivity index (χ4v) is 4.29. The van der Waals surface area contributed by atoms with E-state index in [1.807, 2.05) is 23.4 Å². The summed E-state index contributed by atoms with van der Waals surface area (Å²) < 4.78 is 17.6. The Morgan fingerprint density at radius 2 is 2.10 bits per heavy atom. The molecule has 3 rings (SSSR count). The number of halogens is 1. The second-order valence-electron chi connectivity index (χ2n) is 6.85. The van der Waals surface area contributed by atoms with Gasteiger partial charge in [-0.1, -0.05) is 17.7 Å². The number of hydrogen-bond donors (Lipinski definition) is 3. The number of aromatic nitrogens is 1. The number of hydrogen-bond acceptors (Lipinski definition) is 4. The average Bonchev–Trinajstić information content (AvgIpc) is 3.08. The quantitative estimate of drug-likeness (QED) is 0.606. The van der Waals surface area contributed by atoms with Gasteiger partial charge in [-0.25, -0.2) is 13.2 Å². The van der Waals surface area contributed by atoms with Crippen LogP contribution in [0.2, 0.25) is 5.02 Å². The number of nitrogens with zero attached hydrogens (tertiary/aromatic N) is 2. The van der Waals surface area contributed by atoms with Gasteiger partial charge in [0.25, 0.3) is 5.91 Å². The first kappa shape index (κ1) is 26.3. The highest BCUT2D eigenvalue weighted by atomic mass is 35.5. The maximum absolute atomic E-state index is 11.3. The molecule has 2 aromatic rings. The van der Waals surface area contributed by atoms with Gasteiger partial charge in [-0.3, -0.25) is 4.79 Å². The molecule has 1 fully saturated rings. The monoisotopic (exact) mass is 458 g/mol. The number of benzene rings is 1. The van der Waals surface area contributed by atoms with Crippen LogP contribution in [0, 0.1) is 12.8 Å². The fraction of sp³-hybridized carbons (Fsp3) is 0.500. The van der Waals surface area contributed by atoms with Crippen LogP contribution < -0.4 is 10.5 Å². The summed E-state index contributed by atoms with van der Waals surface area (Å²) in [4.78, 5) is 20.0. The molecule has 168 valence electrons. The van der Waals surface area contributed by atoms with E-state index < -0.39 is 17.1 Å². The summed E-state index contributed by atoms with van der Waals surface area (Å²) in [6, 6.07) is 5.59. The SMILES string of the molecule is CC=O.CNS(=O)N1CCCC(CO)C1.Cc1ccc2c(cc(C(N)=O)n2C)c1Cl. The summed E-state index contributed by atoms with van der Waals surface area (Å²) in [6.07, 6.45) is 2.83. The molecule has 10 heteroatoms. The van der Waals surface area contributed by atoms with Gasteiger partial charge in [0.2, 0.25) is 0 Å². The molecule has 30 heavy (non-hydrogen) atoms. The molecule has 2 unspecified atom stereocenters. The second kappa shape index (κ2) is 12.8. The van der Waals surface area contributed by atoms with Crippen molar-refractivity contribution in [1.29, 1.82) is 0 Å². The third-order valence-electron chi connectivity index (χ3n) is 4.76. The zero-order valence-corrected chi connectivity index (χ0v) is 19.4. The minimum absolute atomic E-state index is 0.206. The third kappa shape index (κ3) is 6.88. The number of nitrogens with one attached hydrogen (secondary N) is 1. The van der Waals surface area contributed by atoms with Crippen LogP contribution in [0.4, 0.5) is 0 Å². The van der Waals surface area contributed by atoms with Crippen LogP contribution in [0.5, 0.6) is 0 Å². The smallest absolute Gasteiger partial charge is 0.265 e. The van der Waals surface area contributed by atoms with Crippen molar-refractivity contribution in [1.82, 2.24) is 13.6 Å². The van der Waals surface area contributed by atoms with Crippen molar-refractivity contribution in [2.24, 2.45) is 18.7 Å². The molecular weight excluding hydrogens is 428 g/mol. The minimum atomic E-state index is -1.06. The molecule has 0 bridgehead atoms. The van der Waals surface area contributed by atoms with Crippen molar-refractivity contribution in [3.8, 4) is 0 Å². The molecule has 0 spiro atoms. The lowest BCUT2D eigenvalue weighted by Gasteiger charge is -2.29. The van der Waals surface area contributed by atoms with E-state index >= 15 is 0 Å². The van der Waals surface area contributed by atoms with E-state index in [0.717, 1.165) is 48.7 Å². The number of aldehydes is 1. The molecule has 2 atom stereocenters. The number of carbonyl (C=O) groups excluding carboxylic acids is 2. The fourth-order valence-electron chi connectivity index (χ4n) is 3.18. The van der Waals surface area contributed by atoms with Crippen molar-refractivity contribution < 1.29 is 18.9 Å². The summed E-state index contributed by atoms with van der Waals surface area (Å²) in [5.74, 6) is -0.140. The summed E-state index contributed by atoms with van der Waals surface area (Å²) in [6.45, 7) is 5.18. The predicted octanol–water partition coefficient (Wildman–Crippen LogP) is 1.93. The molecule has 1 aliphatic rings. The zero-order chi connectivity index (χ0) is 22.8. The van der Waals surface area contributed by atoms with E-state index in [2.05, 4.69) is 4.72 Å². The number of fused-ring (bicyclic) bond motifs is 1. The Labute approximate surface area is 185 Å². The van der Waals surface area contributed by atoms with Crippen molar-refractivity contribution in [3.05, 3.63) is 34.5 Å². The van der Waals surface area contributed by atoms with E-state index in [0.29, 0.717) is 16.6 Å². The first-order valence-electron chi connectivity index (χ1n) is 9.60. The number of carbonyl (C=O) groups is 2. The van der Waals surface area contributed by atoms with Crippen molar-refractivity contribution in [3.63, 3.8) is 0 Å². The first-order valence-corrected chi connectivity index (χ1v) is 11.1. The number of nitrogens with two attached hydrogens (primary N) is 1. The van der Waals surface area contributed by atoms with Gasteiger partial charge in [0.15, 0.2) is 11.2 Å². The molecule has 8 nitrogen and oxygen atoms in total. The van der Waals surface area contributed by atoms with Gasteiger partial charge in [0.1, 0.15) is 12.0 Å². The first-order chi connectivity index (χ1) is 14.2. The average molecular weight is 459 g/mol. The van der Waals surface area contributed by atoms with E-state index in [9.17, 15) is 9.00 Å². The van der Waals surface area contributed by atoms with Crippen LogP contribution in [0.15, 0.2) is 18.2 Å². The van der Waals surface area contributed by atoms with Gasteiger partial charge in [-0.2, -0.15) is 0 Å². The Hall–Kier alpha value is -1.78. The minimum Gasteiger partial charge on any atom is -0.396 e. The van der Waals surface area contributed by atoms with Crippen LogP contribution in [-0.4, -0.2) is 57.1 Å². The predicted molar refractivity (Wildman–Crippen MR) is 122 cm³/mol. The maximum Gasteiger partial charge on any atom is 0.265 e. The Bertz CT molecular complexity index is 887. The molecule has 1 aliphatic heterocycles. The highest BCUT2D eigenvalue weighted by Gasteiger charge is 2.22. The molecule has 1 saturated heterocycles. The molecule has 0 radical (unpaired) electrons. The largest absolute Gasteiger partial charge is 0.396 e. The molecule has 0 saturated carbocycles. The van der Waals surface area contributed by atoms with Gasteiger partial charge in [0.05, 0.1) is 5.02 Å². The molecule has 1 aromatic heterocycles. The molecule has 2 heterocycles. The van der Waals surface area contributed by atoms with E-state index in [4.69, 9.17) is 27.2 Å². The maximum atomic E-state index is 11.3. The Morgan fingerprint density at radius 3 is 2.63 bits per heavy atom. The molecule has 1 amide bonds. The summed E-state index contributed by atoms with van der Waals surface area (Å²) in [7, 11) is 3.48. The topological polar surface area (TPSA) is 118 Å². The standard InChI is InChI=1S/C11H11ClN2O.C7H16N2O2S.C2H4O/c1-6-3-4-8-7(10(6)12)5-9(11(13)15)14(8)2;1-8-12(11)9-4-2-3-7(5-9)6-10;1-2-3/h3-5H,1-2H3,(H2,13,15);7-8,10H,2-6H2,1H3;2H,1H3. The number of primary amides is 1. The number of aliphatic hydroxyl groups excluding tert-OH is 1. The van der Waals surface area contributed by atoms with Crippen molar-refractivity contribution in [2.45, 2.75) is 26.7 Å². The molecule has 1 aromatic carbocycles. The van der Waals surface area contributed by atoms with E-state index in [-0.39, 0.29) is 6.61 Å². The highest BCUT2D eigenvalue weighted by Crippen LogP contribution is 2.29.